The normalized spacial score (nSPS) is 33.6. The van der Waals surface area contributed by atoms with Crippen molar-refractivity contribution in [1.82, 2.24) is 0 Å². The highest BCUT2D eigenvalue weighted by Gasteiger charge is 2.59. The van der Waals surface area contributed by atoms with Gasteiger partial charge < -0.3 is 4.74 Å². The average molecular weight is 639 g/mol. The number of fused-ring (bicyclic) bond motifs is 5. The fraction of sp³-hybridized carbons (Fsp3) is 0.932. The Hall–Kier alpha value is -0.790. The topological polar surface area (TPSA) is 26.3 Å². The highest BCUT2D eigenvalue weighted by atomic mass is 16.5. The number of ether oxygens (including phenoxy) is 1. The summed E-state index contributed by atoms with van der Waals surface area (Å²) in [4.78, 5) is 13.4. The van der Waals surface area contributed by atoms with Crippen LogP contribution in [-0.2, 0) is 9.53 Å². The zero-order valence-corrected chi connectivity index (χ0v) is 32.0. The van der Waals surface area contributed by atoms with E-state index in [2.05, 4.69) is 54.5 Å². The van der Waals surface area contributed by atoms with E-state index in [0.717, 1.165) is 48.3 Å². The van der Waals surface area contributed by atoms with Crippen LogP contribution in [0.15, 0.2) is 11.6 Å². The zero-order valence-electron chi connectivity index (χ0n) is 32.0. The molecule has 4 aliphatic rings. The number of rotatable bonds is 20. The van der Waals surface area contributed by atoms with Gasteiger partial charge in [0.2, 0.25) is 0 Å². The molecule has 4 aliphatic carbocycles. The number of hydrogen-bond donors (Lipinski definition) is 0. The lowest BCUT2D eigenvalue weighted by Gasteiger charge is -2.58. The maximum absolute atomic E-state index is 13.4. The van der Waals surface area contributed by atoms with E-state index in [1.165, 1.54) is 135 Å². The molecule has 0 spiro atoms. The molecular formula is C44H78O2. The van der Waals surface area contributed by atoms with Crippen LogP contribution in [0.5, 0.6) is 0 Å². The molecule has 266 valence electrons. The van der Waals surface area contributed by atoms with Crippen molar-refractivity contribution < 1.29 is 9.53 Å². The molecule has 2 nitrogen and oxygen atoms in total. The second-order valence-electron chi connectivity index (χ2n) is 18.1. The molecule has 46 heavy (non-hydrogen) atoms. The van der Waals surface area contributed by atoms with Gasteiger partial charge in [-0.25, -0.2) is 0 Å². The molecule has 2 unspecified atom stereocenters. The van der Waals surface area contributed by atoms with Crippen molar-refractivity contribution in [3.05, 3.63) is 11.6 Å². The van der Waals surface area contributed by atoms with Gasteiger partial charge in [-0.1, -0.05) is 144 Å². The average Bonchev–Trinajstić information content (AvgIpc) is 3.38. The third kappa shape index (κ3) is 9.67. The van der Waals surface area contributed by atoms with Crippen molar-refractivity contribution in [3.63, 3.8) is 0 Å². The van der Waals surface area contributed by atoms with Crippen molar-refractivity contribution in [1.29, 1.82) is 0 Å². The standard InChI is InChI=1S/C44H78O2/c1-8-10-12-14-15-17-22-35(21-16-13-11-9-2)31-42(45)46-37-27-29-43(6)36(32-37)23-24-38-40-26-25-39(34(5)20-18-19-33(3)4)44(40,7)30-28-41(38)43/h23,33-35,37-41H,8-22,24-32H2,1-7H3/t34-,35?,37?,38+,39-,40+,41+,43+,44-/m1/s1. The summed E-state index contributed by atoms with van der Waals surface area (Å²) < 4.78 is 6.33. The van der Waals surface area contributed by atoms with Crippen LogP contribution < -0.4 is 0 Å². The fourth-order valence-corrected chi connectivity index (χ4v) is 11.6. The van der Waals surface area contributed by atoms with E-state index in [1.807, 2.05) is 0 Å². The predicted molar refractivity (Wildman–Crippen MR) is 198 cm³/mol. The van der Waals surface area contributed by atoms with E-state index < -0.39 is 0 Å². The maximum Gasteiger partial charge on any atom is 0.306 e. The Morgan fingerprint density at radius 2 is 1.46 bits per heavy atom. The van der Waals surface area contributed by atoms with E-state index in [1.54, 1.807) is 5.57 Å². The largest absolute Gasteiger partial charge is 0.462 e. The molecule has 0 bridgehead atoms. The molecule has 0 aromatic carbocycles. The number of carbonyl (C=O) groups excluding carboxylic acids is 1. The molecule has 0 aromatic rings. The van der Waals surface area contributed by atoms with E-state index in [-0.39, 0.29) is 12.1 Å². The summed E-state index contributed by atoms with van der Waals surface area (Å²) >= 11 is 0. The molecule has 0 aromatic heterocycles. The predicted octanol–water partition coefficient (Wildman–Crippen LogP) is 13.7. The molecule has 9 atom stereocenters. The van der Waals surface area contributed by atoms with Gasteiger partial charge in [0.25, 0.3) is 0 Å². The summed E-state index contributed by atoms with van der Waals surface area (Å²) in [5.74, 6) is 5.88. The second-order valence-corrected chi connectivity index (χ2v) is 18.1. The highest BCUT2D eigenvalue weighted by Crippen LogP contribution is 2.67. The number of unbranched alkanes of at least 4 members (excludes halogenated alkanes) is 8. The molecule has 0 saturated heterocycles. The van der Waals surface area contributed by atoms with Crippen LogP contribution in [0.25, 0.3) is 0 Å². The summed E-state index contributed by atoms with van der Waals surface area (Å²) in [6.45, 7) is 17.3. The van der Waals surface area contributed by atoms with Crippen LogP contribution in [-0.4, -0.2) is 12.1 Å². The first kappa shape index (κ1) is 38.0. The molecule has 0 N–H and O–H groups in total. The molecule has 0 heterocycles. The van der Waals surface area contributed by atoms with Crippen LogP contribution in [0.1, 0.15) is 203 Å². The lowest BCUT2D eigenvalue weighted by atomic mass is 9.47. The Labute approximate surface area is 287 Å². The molecular weight excluding hydrogens is 560 g/mol. The molecule has 2 heteroatoms. The number of carbonyl (C=O) groups is 1. The molecule has 0 aliphatic heterocycles. The van der Waals surface area contributed by atoms with Crippen LogP contribution in [0.2, 0.25) is 0 Å². The third-order valence-corrected chi connectivity index (χ3v) is 14.4. The first-order chi connectivity index (χ1) is 22.1. The molecule has 3 saturated carbocycles. The van der Waals surface area contributed by atoms with E-state index >= 15 is 0 Å². The highest BCUT2D eigenvalue weighted by molar-refractivity contribution is 5.70. The van der Waals surface area contributed by atoms with Gasteiger partial charge in [0.15, 0.2) is 0 Å². The first-order valence-electron chi connectivity index (χ1n) is 21.0. The minimum atomic E-state index is 0.0994. The number of esters is 1. The van der Waals surface area contributed by atoms with Gasteiger partial charge in [-0.3, -0.25) is 4.79 Å². The van der Waals surface area contributed by atoms with Crippen molar-refractivity contribution in [2.45, 2.75) is 209 Å². The van der Waals surface area contributed by atoms with Gasteiger partial charge in [0.1, 0.15) is 6.10 Å². The fourth-order valence-electron chi connectivity index (χ4n) is 11.6. The Morgan fingerprint density at radius 3 is 2.15 bits per heavy atom. The monoisotopic (exact) mass is 639 g/mol. The van der Waals surface area contributed by atoms with Gasteiger partial charge in [-0.2, -0.15) is 0 Å². The summed E-state index contributed by atoms with van der Waals surface area (Å²) in [5.41, 5.74) is 2.53. The number of allylic oxidation sites excluding steroid dienone is 1. The van der Waals surface area contributed by atoms with Gasteiger partial charge >= 0.3 is 5.97 Å². The molecule has 0 amide bonds. The van der Waals surface area contributed by atoms with Crippen LogP contribution in [0, 0.1) is 52.3 Å². The van der Waals surface area contributed by atoms with Crippen LogP contribution >= 0.6 is 0 Å². The van der Waals surface area contributed by atoms with Gasteiger partial charge in [0, 0.05) is 12.8 Å². The number of hydrogen-bond acceptors (Lipinski definition) is 2. The Balaban J connectivity index is 1.30. The van der Waals surface area contributed by atoms with E-state index in [0.29, 0.717) is 23.2 Å². The smallest absolute Gasteiger partial charge is 0.306 e. The van der Waals surface area contributed by atoms with Gasteiger partial charge in [-0.15, -0.1) is 0 Å². The quantitative estimate of drug-likeness (QED) is 0.0753. The zero-order chi connectivity index (χ0) is 33.2. The van der Waals surface area contributed by atoms with Crippen molar-refractivity contribution in [3.8, 4) is 0 Å². The van der Waals surface area contributed by atoms with E-state index in [4.69, 9.17) is 4.74 Å². The summed E-state index contributed by atoms with van der Waals surface area (Å²) in [6, 6.07) is 0. The Morgan fingerprint density at radius 1 is 0.783 bits per heavy atom. The second kappa shape index (κ2) is 18.3. The third-order valence-electron chi connectivity index (χ3n) is 14.4. The molecule has 3 fully saturated rings. The summed E-state index contributed by atoms with van der Waals surface area (Å²) in [5, 5.41) is 0. The van der Waals surface area contributed by atoms with Crippen molar-refractivity contribution >= 4 is 5.97 Å². The van der Waals surface area contributed by atoms with Crippen molar-refractivity contribution in [2.24, 2.45) is 52.3 Å². The SMILES string of the molecule is CCCCCCCCC(CCCCCC)CC(=O)OC1CC[C@@]2(C)C(=CC[C@H]3[C@@H]4CC[C@H]([C@H](C)CCCC(C)C)[C@@]4(C)CC[C@@H]32)C1. The first-order valence-corrected chi connectivity index (χ1v) is 21.0. The lowest BCUT2D eigenvalue weighted by Crippen LogP contribution is -2.51. The van der Waals surface area contributed by atoms with Gasteiger partial charge in [-0.05, 0) is 110 Å². The molecule has 4 rings (SSSR count). The molecule has 0 radical (unpaired) electrons. The Bertz CT molecular complexity index is 934. The summed E-state index contributed by atoms with van der Waals surface area (Å²) in [6.07, 6.45) is 33.6. The summed E-state index contributed by atoms with van der Waals surface area (Å²) in [7, 11) is 0. The Kier molecular flexibility index (Phi) is 15.1. The minimum absolute atomic E-state index is 0.0994. The van der Waals surface area contributed by atoms with Gasteiger partial charge in [0.05, 0.1) is 0 Å². The maximum atomic E-state index is 13.4. The van der Waals surface area contributed by atoms with Crippen LogP contribution in [0.4, 0.5) is 0 Å². The van der Waals surface area contributed by atoms with E-state index in [9.17, 15) is 4.79 Å². The minimum Gasteiger partial charge on any atom is -0.462 e. The van der Waals surface area contributed by atoms with Crippen LogP contribution in [0.3, 0.4) is 0 Å². The van der Waals surface area contributed by atoms with Crippen molar-refractivity contribution in [2.75, 3.05) is 0 Å². The lowest BCUT2D eigenvalue weighted by molar-refractivity contribution is -0.152.